The molecule has 7 nitrogen and oxygen atoms in total. The highest BCUT2D eigenvalue weighted by Gasteiger charge is 2.69. The van der Waals surface area contributed by atoms with E-state index in [9.17, 15) is 4.79 Å². The Kier molecular flexibility index (Phi) is 4.62. The van der Waals surface area contributed by atoms with Crippen molar-refractivity contribution in [3.05, 3.63) is 30.3 Å². The molecule has 4 saturated heterocycles. The molecule has 158 valence electrons. The molecule has 1 aromatic carbocycles. The summed E-state index contributed by atoms with van der Waals surface area (Å²) in [6, 6.07) is 8.98. The van der Waals surface area contributed by atoms with Crippen LogP contribution in [-0.4, -0.2) is 36.5 Å². The van der Waals surface area contributed by atoms with Crippen LogP contribution < -0.4 is 4.74 Å². The predicted molar refractivity (Wildman–Crippen MR) is 101 cm³/mol. The lowest BCUT2D eigenvalue weighted by molar-refractivity contribution is -0.568. The normalized spacial score (nSPS) is 45.8. The molecule has 0 radical (unpaired) electrons. The third kappa shape index (κ3) is 3.06. The van der Waals surface area contributed by atoms with E-state index in [2.05, 4.69) is 13.8 Å². The van der Waals surface area contributed by atoms with Crippen LogP contribution in [0.4, 0.5) is 4.79 Å². The van der Waals surface area contributed by atoms with E-state index in [1.807, 2.05) is 25.1 Å². The highest BCUT2D eigenvalue weighted by atomic mass is 17.3. The molecule has 7 heteroatoms. The maximum atomic E-state index is 12.5. The SMILES string of the molecule is C[C@@H]1[C@@H](OC(=O)Oc2ccccc2)C[C@H]2[C@@H](C)CO[C@@H]3O[C@@]4(C)CC[C@@H]1[C@]32OO4. The molecule has 0 N–H and O–H groups in total. The van der Waals surface area contributed by atoms with E-state index in [4.69, 9.17) is 28.7 Å². The summed E-state index contributed by atoms with van der Waals surface area (Å²) >= 11 is 0. The quantitative estimate of drug-likeness (QED) is 0.418. The van der Waals surface area contributed by atoms with Crippen LogP contribution in [0.1, 0.15) is 40.0 Å². The van der Waals surface area contributed by atoms with Gasteiger partial charge >= 0.3 is 6.16 Å². The van der Waals surface area contributed by atoms with E-state index < -0.39 is 23.8 Å². The molecule has 1 aromatic rings. The van der Waals surface area contributed by atoms with Gasteiger partial charge in [0.1, 0.15) is 11.9 Å². The van der Waals surface area contributed by atoms with Crippen LogP contribution in [0.15, 0.2) is 30.3 Å². The number of hydrogen-bond acceptors (Lipinski definition) is 7. The maximum absolute atomic E-state index is 12.5. The van der Waals surface area contributed by atoms with Gasteiger partial charge in [-0.15, -0.1) is 0 Å². The molecule has 29 heavy (non-hydrogen) atoms. The van der Waals surface area contributed by atoms with Gasteiger partial charge in [0.2, 0.25) is 5.79 Å². The smallest absolute Gasteiger partial charge is 0.430 e. The fourth-order valence-corrected chi connectivity index (χ4v) is 5.70. The van der Waals surface area contributed by atoms with Crippen molar-refractivity contribution in [2.45, 2.75) is 63.8 Å². The van der Waals surface area contributed by atoms with E-state index >= 15 is 0 Å². The number of rotatable bonds is 2. The molecular formula is C22H28O7. The number of benzene rings is 1. The molecule has 1 saturated carbocycles. The second-order valence-corrected chi connectivity index (χ2v) is 9.08. The third-order valence-electron chi connectivity index (χ3n) is 7.25. The highest BCUT2D eigenvalue weighted by molar-refractivity contribution is 5.64. The fraction of sp³-hybridized carbons (Fsp3) is 0.682. The number of carbonyl (C=O) groups is 1. The second-order valence-electron chi connectivity index (χ2n) is 9.08. The summed E-state index contributed by atoms with van der Waals surface area (Å²) in [6.45, 7) is 6.73. The number of hydrogen-bond donors (Lipinski definition) is 0. The van der Waals surface area contributed by atoms with Crippen molar-refractivity contribution >= 4 is 6.16 Å². The van der Waals surface area contributed by atoms with Gasteiger partial charge < -0.3 is 18.9 Å². The Bertz CT molecular complexity index is 770. The number of para-hydroxylation sites is 1. The first-order chi connectivity index (χ1) is 13.9. The average molecular weight is 404 g/mol. The van der Waals surface area contributed by atoms with E-state index in [0.29, 0.717) is 25.2 Å². The molecule has 2 bridgehead atoms. The largest absolute Gasteiger partial charge is 0.514 e. The summed E-state index contributed by atoms with van der Waals surface area (Å²) in [6.07, 6.45) is 0.821. The minimum Gasteiger partial charge on any atom is -0.430 e. The highest BCUT2D eigenvalue weighted by Crippen LogP contribution is 2.59. The Morgan fingerprint density at radius 3 is 2.72 bits per heavy atom. The van der Waals surface area contributed by atoms with Crippen molar-refractivity contribution in [3.8, 4) is 5.75 Å². The van der Waals surface area contributed by atoms with E-state index in [0.717, 1.165) is 6.42 Å². The molecular weight excluding hydrogens is 376 g/mol. The second kappa shape index (κ2) is 6.94. The van der Waals surface area contributed by atoms with Crippen LogP contribution in [0.3, 0.4) is 0 Å². The minimum absolute atomic E-state index is 0.0543. The zero-order valence-electron chi connectivity index (χ0n) is 17.0. The molecule has 4 heterocycles. The summed E-state index contributed by atoms with van der Waals surface area (Å²) in [5.41, 5.74) is -0.670. The lowest BCUT2D eigenvalue weighted by Crippen LogP contribution is -2.70. The van der Waals surface area contributed by atoms with Crippen LogP contribution >= 0.6 is 0 Å². The molecule has 5 aliphatic rings. The Balaban J connectivity index is 1.40. The summed E-state index contributed by atoms with van der Waals surface area (Å²) in [5.74, 6) is 0.141. The summed E-state index contributed by atoms with van der Waals surface area (Å²) in [7, 11) is 0. The van der Waals surface area contributed by atoms with Gasteiger partial charge in [-0.05, 0) is 43.7 Å². The summed E-state index contributed by atoms with van der Waals surface area (Å²) in [4.78, 5) is 24.3. The van der Waals surface area contributed by atoms with Gasteiger partial charge in [-0.2, -0.15) is 0 Å². The molecule has 0 aromatic heterocycles. The van der Waals surface area contributed by atoms with Gasteiger partial charge in [0.15, 0.2) is 11.9 Å². The van der Waals surface area contributed by atoms with Crippen LogP contribution in [0.25, 0.3) is 0 Å². The van der Waals surface area contributed by atoms with Crippen molar-refractivity contribution in [2.24, 2.45) is 23.7 Å². The fourth-order valence-electron chi connectivity index (χ4n) is 5.70. The van der Waals surface area contributed by atoms with Gasteiger partial charge in [-0.1, -0.05) is 32.0 Å². The Hall–Kier alpha value is -1.67. The molecule has 1 aliphatic carbocycles. The zero-order chi connectivity index (χ0) is 20.2. The van der Waals surface area contributed by atoms with Crippen molar-refractivity contribution in [1.29, 1.82) is 0 Å². The van der Waals surface area contributed by atoms with E-state index in [-0.39, 0.29) is 29.8 Å². The molecule has 1 spiro atoms. The number of fused-ring (bicyclic) bond motifs is 2. The van der Waals surface area contributed by atoms with Crippen LogP contribution in [-0.2, 0) is 24.0 Å². The monoisotopic (exact) mass is 404 g/mol. The third-order valence-corrected chi connectivity index (χ3v) is 7.25. The lowest BCUT2D eigenvalue weighted by atomic mass is 9.57. The standard InChI is InChI=1S/C22H28O7/c1-13-12-24-19-22-16(9-10-21(3,27-19)28-29-22)14(2)18(11-17(13)22)26-20(23)25-15-7-5-4-6-8-15/h4-8,13-14,16-19H,9-12H2,1-3H3/t13-,14-,16-,17-,18-,19+,21+,22+/m0/s1. The molecule has 8 atom stereocenters. The van der Waals surface area contributed by atoms with Crippen LogP contribution in [0.5, 0.6) is 5.75 Å². The molecule has 5 fully saturated rings. The predicted octanol–water partition coefficient (Wildman–Crippen LogP) is 4.06. The van der Waals surface area contributed by atoms with Crippen molar-refractivity contribution in [1.82, 2.24) is 0 Å². The maximum Gasteiger partial charge on any atom is 0.514 e. The molecule has 4 aliphatic heterocycles. The van der Waals surface area contributed by atoms with Crippen molar-refractivity contribution < 1.29 is 33.5 Å². The Morgan fingerprint density at radius 2 is 1.93 bits per heavy atom. The van der Waals surface area contributed by atoms with Crippen LogP contribution in [0.2, 0.25) is 0 Å². The first kappa shape index (κ1) is 19.3. The van der Waals surface area contributed by atoms with Crippen LogP contribution in [0, 0.1) is 23.7 Å². The number of carbonyl (C=O) groups excluding carboxylic acids is 1. The van der Waals surface area contributed by atoms with Gasteiger partial charge in [0.25, 0.3) is 0 Å². The van der Waals surface area contributed by atoms with Gasteiger partial charge in [0.05, 0.1) is 6.61 Å². The van der Waals surface area contributed by atoms with Gasteiger partial charge in [0, 0.05) is 18.3 Å². The Morgan fingerprint density at radius 1 is 1.14 bits per heavy atom. The summed E-state index contributed by atoms with van der Waals surface area (Å²) < 4.78 is 23.5. The topological polar surface area (TPSA) is 72.5 Å². The van der Waals surface area contributed by atoms with Gasteiger partial charge in [-0.3, -0.25) is 0 Å². The number of ether oxygens (including phenoxy) is 4. The van der Waals surface area contributed by atoms with Gasteiger partial charge in [-0.25, -0.2) is 14.6 Å². The molecule has 6 rings (SSSR count). The first-order valence-corrected chi connectivity index (χ1v) is 10.5. The Labute approximate surface area is 170 Å². The summed E-state index contributed by atoms with van der Waals surface area (Å²) in [5, 5.41) is 0. The molecule has 0 amide bonds. The zero-order valence-corrected chi connectivity index (χ0v) is 17.0. The minimum atomic E-state index is -0.805. The lowest BCUT2D eigenvalue weighted by Gasteiger charge is -2.59. The average Bonchev–Trinajstić information content (AvgIpc) is 2.93. The van der Waals surface area contributed by atoms with Crippen molar-refractivity contribution in [2.75, 3.05) is 6.61 Å². The van der Waals surface area contributed by atoms with Crippen molar-refractivity contribution in [3.63, 3.8) is 0 Å². The van der Waals surface area contributed by atoms with E-state index in [1.165, 1.54) is 0 Å². The first-order valence-electron chi connectivity index (χ1n) is 10.5. The molecule has 0 unspecified atom stereocenters. The van der Waals surface area contributed by atoms with E-state index in [1.54, 1.807) is 12.1 Å².